The molecule has 1 aliphatic heterocycles. The molecule has 192 valence electrons. The first kappa shape index (κ1) is 24.7. The summed E-state index contributed by atoms with van der Waals surface area (Å²) in [5.74, 6) is -0.404. The van der Waals surface area contributed by atoms with Crippen molar-refractivity contribution in [2.45, 2.75) is 63.5 Å². The highest BCUT2D eigenvalue weighted by Gasteiger charge is 2.57. The van der Waals surface area contributed by atoms with Gasteiger partial charge in [0.15, 0.2) is 6.61 Å². The van der Waals surface area contributed by atoms with E-state index < -0.39 is 41.9 Å². The smallest absolute Gasteiger partial charge is 0.329 e. The SMILES string of the molecule is N#CCCN(C(=O)COC(=O)[C@H]1C[C@@H](O)CN1C(=O)C12CC3CC(CC(C3)C1)C2)c1ccccc1F. The van der Waals surface area contributed by atoms with Crippen LogP contribution in [0.4, 0.5) is 10.1 Å². The molecule has 5 aliphatic rings. The number of amides is 2. The molecule has 1 saturated heterocycles. The van der Waals surface area contributed by atoms with Crippen LogP contribution in [0.5, 0.6) is 0 Å². The number of halogens is 1. The highest BCUT2D eigenvalue weighted by Crippen LogP contribution is 2.60. The molecule has 1 aromatic carbocycles. The lowest BCUT2D eigenvalue weighted by atomic mass is 9.49. The molecule has 9 heteroatoms. The molecule has 5 fully saturated rings. The van der Waals surface area contributed by atoms with Crippen LogP contribution in [-0.2, 0) is 19.1 Å². The van der Waals surface area contributed by atoms with Crippen LogP contribution in [0.3, 0.4) is 0 Å². The van der Waals surface area contributed by atoms with Crippen molar-refractivity contribution in [2.75, 3.05) is 24.6 Å². The van der Waals surface area contributed by atoms with Crippen molar-refractivity contribution >= 4 is 23.5 Å². The Morgan fingerprint density at radius 2 is 1.75 bits per heavy atom. The number of hydrogen-bond acceptors (Lipinski definition) is 6. The van der Waals surface area contributed by atoms with E-state index in [4.69, 9.17) is 10.00 Å². The molecule has 8 nitrogen and oxygen atoms in total. The van der Waals surface area contributed by atoms with Crippen LogP contribution < -0.4 is 4.90 Å². The molecule has 4 bridgehead atoms. The van der Waals surface area contributed by atoms with Gasteiger partial charge in [0.2, 0.25) is 5.91 Å². The lowest BCUT2D eigenvalue weighted by molar-refractivity contribution is -0.166. The number of hydrogen-bond donors (Lipinski definition) is 1. The van der Waals surface area contributed by atoms with E-state index in [1.165, 1.54) is 42.4 Å². The van der Waals surface area contributed by atoms with E-state index >= 15 is 0 Å². The zero-order chi connectivity index (χ0) is 25.4. The van der Waals surface area contributed by atoms with Crippen LogP contribution in [0.1, 0.15) is 51.4 Å². The Labute approximate surface area is 210 Å². The zero-order valence-electron chi connectivity index (χ0n) is 20.3. The van der Waals surface area contributed by atoms with E-state index in [-0.39, 0.29) is 37.5 Å². The number of β-amino-alcohol motifs (C(OH)–C–C–N with tert-alkyl or cyclic N) is 1. The molecule has 1 heterocycles. The summed E-state index contributed by atoms with van der Waals surface area (Å²) in [7, 11) is 0. The fraction of sp³-hybridized carbons (Fsp3) is 0.630. The highest BCUT2D eigenvalue weighted by molar-refractivity contribution is 5.96. The Bertz CT molecular complexity index is 1050. The van der Waals surface area contributed by atoms with Crippen molar-refractivity contribution < 1.29 is 28.6 Å². The van der Waals surface area contributed by atoms with E-state index in [1.807, 2.05) is 6.07 Å². The predicted octanol–water partition coefficient (Wildman–Crippen LogP) is 2.79. The van der Waals surface area contributed by atoms with E-state index in [2.05, 4.69) is 0 Å². The average Bonchev–Trinajstić information content (AvgIpc) is 3.24. The predicted molar refractivity (Wildman–Crippen MR) is 127 cm³/mol. The molecular formula is C27H32FN3O5. The molecule has 1 N–H and O–H groups in total. The van der Waals surface area contributed by atoms with Gasteiger partial charge in [-0.1, -0.05) is 12.1 Å². The van der Waals surface area contributed by atoms with E-state index in [9.17, 15) is 23.9 Å². The Balaban J connectivity index is 1.26. The van der Waals surface area contributed by atoms with Gasteiger partial charge in [-0.3, -0.25) is 9.59 Å². The fourth-order valence-electron chi connectivity index (χ4n) is 7.46. The molecule has 0 radical (unpaired) electrons. The summed E-state index contributed by atoms with van der Waals surface area (Å²) in [6.07, 6.45) is 5.32. The van der Waals surface area contributed by atoms with Gasteiger partial charge in [-0.05, 0) is 68.4 Å². The number of carbonyl (C=O) groups excluding carboxylic acids is 3. The second-order valence-electron chi connectivity index (χ2n) is 11.1. The molecule has 6 rings (SSSR count). The van der Waals surface area contributed by atoms with E-state index in [0.29, 0.717) is 17.8 Å². The number of carbonyl (C=O) groups is 3. The van der Waals surface area contributed by atoms with Gasteiger partial charge in [-0.2, -0.15) is 5.26 Å². The number of nitrogens with zero attached hydrogens (tertiary/aromatic N) is 3. The molecular weight excluding hydrogens is 465 g/mol. The minimum atomic E-state index is -0.950. The second kappa shape index (κ2) is 9.81. The van der Waals surface area contributed by atoms with E-state index in [0.717, 1.165) is 24.2 Å². The van der Waals surface area contributed by atoms with Crippen LogP contribution >= 0.6 is 0 Å². The maximum absolute atomic E-state index is 14.3. The first-order chi connectivity index (χ1) is 17.3. The van der Waals surface area contributed by atoms with E-state index in [1.54, 1.807) is 6.07 Å². The van der Waals surface area contributed by atoms with Gasteiger partial charge in [0.25, 0.3) is 5.91 Å². The summed E-state index contributed by atoms with van der Waals surface area (Å²) >= 11 is 0. The molecule has 36 heavy (non-hydrogen) atoms. The molecule has 0 unspecified atom stereocenters. The number of anilines is 1. The minimum absolute atomic E-state index is 0.00343. The quantitative estimate of drug-likeness (QED) is 0.580. The normalized spacial score (nSPS) is 32.2. The maximum atomic E-state index is 14.3. The number of esters is 1. The molecule has 2 atom stereocenters. The third-order valence-corrected chi connectivity index (χ3v) is 8.53. The first-order valence-corrected chi connectivity index (χ1v) is 12.9. The largest absolute Gasteiger partial charge is 0.454 e. The van der Waals surface area contributed by atoms with Crippen molar-refractivity contribution in [1.82, 2.24) is 4.90 Å². The van der Waals surface area contributed by atoms with Gasteiger partial charge < -0.3 is 19.6 Å². The molecule has 0 aromatic heterocycles. The van der Waals surface area contributed by atoms with Crippen LogP contribution in [0.25, 0.3) is 0 Å². The Kier molecular flexibility index (Phi) is 6.73. The number of nitriles is 1. The van der Waals surface area contributed by atoms with Crippen molar-refractivity contribution in [3.05, 3.63) is 30.1 Å². The summed E-state index contributed by atoms with van der Waals surface area (Å²) in [5, 5.41) is 19.3. The number of rotatable bonds is 7. The van der Waals surface area contributed by atoms with Crippen molar-refractivity contribution in [2.24, 2.45) is 23.2 Å². The number of likely N-dealkylation sites (tertiary alicyclic amines) is 1. The summed E-state index contributed by atoms with van der Waals surface area (Å²) in [5.41, 5.74) is -0.449. The van der Waals surface area contributed by atoms with Crippen LogP contribution in [0.15, 0.2) is 24.3 Å². The lowest BCUT2D eigenvalue weighted by Gasteiger charge is -2.56. The minimum Gasteiger partial charge on any atom is -0.454 e. The fourth-order valence-corrected chi connectivity index (χ4v) is 7.46. The van der Waals surface area contributed by atoms with Crippen molar-refractivity contribution in [3.63, 3.8) is 0 Å². The van der Waals surface area contributed by atoms with Gasteiger partial charge >= 0.3 is 5.97 Å². The number of aliphatic hydroxyl groups excluding tert-OH is 1. The second-order valence-corrected chi connectivity index (χ2v) is 11.1. The van der Waals surface area contributed by atoms with Crippen LogP contribution in [-0.4, -0.2) is 59.6 Å². The topological polar surface area (TPSA) is 111 Å². The van der Waals surface area contributed by atoms with Crippen LogP contribution in [0, 0.1) is 40.3 Å². The molecule has 1 aromatic rings. The van der Waals surface area contributed by atoms with Gasteiger partial charge in [0.05, 0.1) is 29.7 Å². The standard InChI is InChI=1S/C27H32FN3O5/c28-21-4-1-2-5-22(21)30(7-3-6-29)24(33)16-36-25(34)23-11-20(32)15-31(23)26(35)27-12-17-8-18(13-27)10-19(9-17)14-27/h1-2,4-5,17-20,23,32H,3,7-16H2/t17?,18?,19?,20-,23-,27?/m1/s1. The van der Waals surface area contributed by atoms with Gasteiger partial charge in [-0.15, -0.1) is 0 Å². The maximum Gasteiger partial charge on any atom is 0.329 e. The number of para-hydroxylation sites is 1. The number of aliphatic hydroxyl groups is 1. The van der Waals surface area contributed by atoms with Gasteiger partial charge in [-0.25, -0.2) is 9.18 Å². The monoisotopic (exact) mass is 497 g/mol. The lowest BCUT2D eigenvalue weighted by Crippen LogP contribution is -2.56. The third kappa shape index (κ3) is 4.59. The molecule has 4 aliphatic carbocycles. The Hall–Kier alpha value is -2.99. The summed E-state index contributed by atoms with van der Waals surface area (Å²) in [4.78, 5) is 42.3. The van der Waals surface area contributed by atoms with Crippen molar-refractivity contribution in [3.8, 4) is 6.07 Å². The van der Waals surface area contributed by atoms with Crippen molar-refractivity contribution in [1.29, 1.82) is 5.26 Å². The molecule has 4 saturated carbocycles. The van der Waals surface area contributed by atoms with Gasteiger partial charge in [0.1, 0.15) is 11.9 Å². The van der Waals surface area contributed by atoms with Crippen LogP contribution in [0.2, 0.25) is 0 Å². The number of ether oxygens (including phenoxy) is 1. The summed E-state index contributed by atoms with van der Waals surface area (Å²) in [6, 6.07) is 6.68. The Morgan fingerprint density at radius 3 is 2.36 bits per heavy atom. The summed E-state index contributed by atoms with van der Waals surface area (Å²) in [6.45, 7) is -0.616. The highest BCUT2D eigenvalue weighted by atomic mass is 19.1. The Morgan fingerprint density at radius 1 is 1.11 bits per heavy atom. The third-order valence-electron chi connectivity index (χ3n) is 8.53. The molecule has 0 spiro atoms. The van der Waals surface area contributed by atoms with Gasteiger partial charge in [0, 0.05) is 19.5 Å². The average molecular weight is 498 g/mol. The first-order valence-electron chi connectivity index (χ1n) is 12.9. The summed E-state index contributed by atoms with van der Waals surface area (Å²) < 4.78 is 19.6. The zero-order valence-corrected chi connectivity index (χ0v) is 20.3. The molecule has 2 amide bonds. The number of benzene rings is 1.